The molecule has 0 atom stereocenters. The second-order valence-corrected chi connectivity index (χ2v) is 5.28. The first-order valence-electron chi connectivity index (χ1n) is 7.27. The van der Waals surface area contributed by atoms with Gasteiger partial charge in [0.25, 0.3) is 5.91 Å². The maximum atomic E-state index is 12.0. The maximum absolute atomic E-state index is 12.0. The summed E-state index contributed by atoms with van der Waals surface area (Å²) in [6.45, 7) is 2.38. The molecule has 0 fully saturated rings. The SMILES string of the molecule is Cc1nc(CNC(=O)c2ccncc2)nc2c1CCCC2. The first-order chi connectivity index (χ1) is 10.2. The lowest BCUT2D eigenvalue weighted by Gasteiger charge is -2.17. The number of nitrogens with one attached hydrogen (secondary N) is 1. The molecule has 21 heavy (non-hydrogen) atoms. The summed E-state index contributed by atoms with van der Waals surface area (Å²) in [6.07, 6.45) is 7.71. The Hall–Kier alpha value is -2.30. The van der Waals surface area contributed by atoms with Crippen LogP contribution in [0.15, 0.2) is 24.5 Å². The van der Waals surface area contributed by atoms with Gasteiger partial charge in [-0.3, -0.25) is 9.78 Å². The highest BCUT2D eigenvalue weighted by molar-refractivity contribution is 5.93. The molecule has 5 nitrogen and oxygen atoms in total. The molecule has 2 aromatic heterocycles. The van der Waals surface area contributed by atoms with Crippen molar-refractivity contribution in [1.82, 2.24) is 20.3 Å². The van der Waals surface area contributed by atoms with Crippen LogP contribution in [0.5, 0.6) is 0 Å². The monoisotopic (exact) mass is 282 g/mol. The maximum Gasteiger partial charge on any atom is 0.251 e. The van der Waals surface area contributed by atoms with Gasteiger partial charge >= 0.3 is 0 Å². The molecule has 0 aromatic carbocycles. The zero-order chi connectivity index (χ0) is 14.7. The van der Waals surface area contributed by atoms with E-state index in [2.05, 4.69) is 20.3 Å². The number of aromatic nitrogens is 3. The largest absolute Gasteiger partial charge is 0.345 e. The topological polar surface area (TPSA) is 67.8 Å². The number of aryl methyl sites for hydroxylation is 2. The number of hydrogen-bond acceptors (Lipinski definition) is 4. The molecule has 0 aliphatic heterocycles. The number of carbonyl (C=O) groups excluding carboxylic acids is 1. The first-order valence-corrected chi connectivity index (χ1v) is 7.27. The summed E-state index contributed by atoms with van der Waals surface area (Å²) in [6, 6.07) is 3.38. The number of hydrogen-bond donors (Lipinski definition) is 1. The van der Waals surface area contributed by atoms with Gasteiger partial charge < -0.3 is 5.32 Å². The third kappa shape index (κ3) is 3.07. The van der Waals surface area contributed by atoms with Gasteiger partial charge in [-0.2, -0.15) is 0 Å². The van der Waals surface area contributed by atoms with E-state index in [9.17, 15) is 4.79 Å². The predicted molar refractivity (Wildman–Crippen MR) is 78.8 cm³/mol. The summed E-state index contributed by atoms with van der Waals surface area (Å²) < 4.78 is 0. The van der Waals surface area contributed by atoms with Gasteiger partial charge in [-0.1, -0.05) is 0 Å². The van der Waals surface area contributed by atoms with Gasteiger partial charge in [0.05, 0.1) is 6.54 Å². The van der Waals surface area contributed by atoms with Gasteiger partial charge in [0.2, 0.25) is 0 Å². The molecule has 3 rings (SSSR count). The van der Waals surface area contributed by atoms with Crippen molar-refractivity contribution in [2.45, 2.75) is 39.2 Å². The van der Waals surface area contributed by atoms with Crippen LogP contribution < -0.4 is 5.32 Å². The lowest BCUT2D eigenvalue weighted by molar-refractivity contribution is 0.0949. The fraction of sp³-hybridized carbons (Fsp3) is 0.375. The van der Waals surface area contributed by atoms with E-state index in [1.807, 2.05) is 6.92 Å². The molecule has 2 heterocycles. The van der Waals surface area contributed by atoms with Crippen molar-refractivity contribution in [2.24, 2.45) is 0 Å². The molecule has 1 amide bonds. The highest BCUT2D eigenvalue weighted by Crippen LogP contribution is 2.21. The molecule has 0 radical (unpaired) electrons. The Morgan fingerprint density at radius 2 is 1.95 bits per heavy atom. The molecule has 0 saturated heterocycles. The van der Waals surface area contributed by atoms with Gasteiger partial charge in [-0.25, -0.2) is 9.97 Å². The van der Waals surface area contributed by atoms with Crippen molar-refractivity contribution in [2.75, 3.05) is 0 Å². The van der Waals surface area contributed by atoms with Crippen molar-refractivity contribution >= 4 is 5.91 Å². The second-order valence-electron chi connectivity index (χ2n) is 5.28. The molecule has 1 aliphatic rings. The van der Waals surface area contributed by atoms with Crippen molar-refractivity contribution in [3.63, 3.8) is 0 Å². The Labute approximate surface area is 123 Å². The molecule has 108 valence electrons. The van der Waals surface area contributed by atoms with Crippen LogP contribution in [0, 0.1) is 6.92 Å². The Balaban J connectivity index is 1.71. The average molecular weight is 282 g/mol. The van der Waals surface area contributed by atoms with Crippen molar-refractivity contribution in [3.8, 4) is 0 Å². The summed E-state index contributed by atoms with van der Waals surface area (Å²) in [7, 11) is 0. The van der Waals surface area contributed by atoms with Crippen molar-refractivity contribution in [3.05, 3.63) is 52.9 Å². The molecule has 5 heteroatoms. The molecular formula is C16H18N4O. The minimum absolute atomic E-state index is 0.128. The minimum Gasteiger partial charge on any atom is -0.345 e. The number of amides is 1. The third-order valence-corrected chi connectivity index (χ3v) is 3.79. The van der Waals surface area contributed by atoms with Gasteiger partial charge in [0, 0.05) is 29.3 Å². The van der Waals surface area contributed by atoms with Crippen molar-refractivity contribution in [1.29, 1.82) is 0 Å². The van der Waals surface area contributed by atoms with Crippen LogP contribution in [-0.4, -0.2) is 20.9 Å². The number of nitrogens with zero attached hydrogens (tertiary/aromatic N) is 3. The molecule has 1 aliphatic carbocycles. The van der Waals surface area contributed by atoms with E-state index < -0.39 is 0 Å². The van der Waals surface area contributed by atoms with Gasteiger partial charge in [-0.05, 0) is 50.3 Å². The molecule has 2 aromatic rings. The predicted octanol–water partition coefficient (Wildman–Crippen LogP) is 1.99. The molecular weight excluding hydrogens is 264 g/mol. The third-order valence-electron chi connectivity index (χ3n) is 3.79. The lowest BCUT2D eigenvalue weighted by atomic mass is 9.95. The van der Waals surface area contributed by atoms with Gasteiger partial charge in [-0.15, -0.1) is 0 Å². The zero-order valence-electron chi connectivity index (χ0n) is 12.1. The van der Waals surface area contributed by atoms with E-state index in [1.165, 1.54) is 18.4 Å². The number of rotatable bonds is 3. The molecule has 0 spiro atoms. The second kappa shape index (κ2) is 5.99. The van der Waals surface area contributed by atoms with Crippen LogP contribution in [-0.2, 0) is 19.4 Å². The standard InChI is InChI=1S/C16H18N4O/c1-11-13-4-2-3-5-14(13)20-15(19-11)10-18-16(21)12-6-8-17-9-7-12/h6-9H,2-5,10H2,1H3,(H,18,21). The van der Waals surface area contributed by atoms with Crippen LogP contribution in [0.2, 0.25) is 0 Å². The Bertz CT molecular complexity index is 655. The Kier molecular flexibility index (Phi) is 3.90. The smallest absolute Gasteiger partial charge is 0.251 e. The van der Waals surface area contributed by atoms with E-state index in [1.54, 1.807) is 24.5 Å². The van der Waals surface area contributed by atoms with Gasteiger partial charge in [0.1, 0.15) is 5.82 Å². The summed E-state index contributed by atoms with van der Waals surface area (Å²) >= 11 is 0. The Morgan fingerprint density at radius 3 is 2.76 bits per heavy atom. The number of pyridine rings is 1. The van der Waals surface area contributed by atoms with Crippen LogP contribution >= 0.6 is 0 Å². The normalized spacial score (nSPS) is 13.6. The van der Waals surface area contributed by atoms with E-state index in [-0.39, 0.29) is 5.91 Å². The van der Waals surface area contributed by atoms with Crippen LogP contribution in [0.4, 0.5) is 0 Å². The molecule has 0 saturated carbocycles. The minimum atomic E-state index is -0.128. The fourth-order valence-electron chi connectivity index (χ4n) is 2.69. The quantitative estimate of drug-likeness (QED) is 0.934. The van der Waals surface area contributed by atoms with Gasteiger partial charge in [0.15, 0.2) is 0 Å². The highest BCUT2D eigenvalue weighted by Gasteiger charge is 2.15. The van der Waals surface area contributed by atoms with Crippen LogP contribution in [0.25, 0.3) is 0 Å². The Morgan fingerprint density at radius 1 is 1.19 bits per heavy atom. The van der Waals surface area contributed by atoms with E-state index >= 15 is 0 Å². The van der Waals surface area contributed by atoms with Crippen LogP contribution in [0.3, 0.4) is 0 Å². The van der Waals surface area contributed by atoms with Crippen molar-refractivity contribution < 1.29 is 4.79 Å². The number of carbonyl (C=O) groups is 1. The first kappa shape index (κ1) is 13.7. The van der Waals surface area contributed by atoms with E-state index in [0.29, 0.717) is 17.9 Å². The van der Waals surface area contributed by atoms with E-state index in [0.717, 1.165) is 24.2 Å². The summed E-state index contributed by atoms with van der Waals surface area (Å²) in [4.78, 5) is 25.0. The molecule has 0 unspecified atom stereocenters. The van der Waals surface area contributed by atoms with Crippen LogP contribution in [0.1, 0.15) is 46.0 Å². The fourth-order valence-corrected chi connectivity index (χ4v) is 2.69. The number of fused-ring (bicyclic) bond motifs is 1. The molecule has 1 N–H and O–H groups in total. The summed E-state index contributed by atoms with van der Waals surface area (Å²) in [5.74, 6) is 0.562. The average Bonchev–Trinajstić information content (AvgIpc) is 2.53. The summed E-state index contributed by atoms with van der Waals surface area (Å²) in [5, 5.41) is 2.86. The highest BCUT2D eigenvalue weighted by atomic mass is 16.1. The lowest BCUT2D eigenvalue weighted by Crippen LogP contribution is -2.25. The van der Waals surface area contributed by atoms with E-state index in [4.69, 9.17) is 0 Å². The summed E-state index contributed by atoms with van der Waals surface area (Å²) in [5.41, 5.74) is 4.10. The molecule has 0 bridgehead atoms. The zero-order valence-corrected chi connectivity index (χ0v) is 12.1.